The van der Waals surface area contributed by atoms with E-state index < -0.39 is 48.8 Å². The molecule has 8 N–H and O–H groups in total. The van der Waals surface area contributed by atoms with Crippen molar-refractivity contribution in [2.24, 2.45) is 0 Å². The molecule has 2 aliphatic rings. The molecule has 0 unspecified atom stereocenters. The summed E-state index contributed by atoms with van der Waals surface area (Å²) in [7, 11) is 0. The molecule has 0 radical (unpaired) electrons. The first-order valence-electron chi connectivity index (χ1n) is 6.86. The Labute approximate surface area is 126 Å². The molecule has 0 amide bonds. The standard InChI is InChI=1S/2C6H12O5/c2*7-1-4-6(10)5(9)3(8)2-11-4/h2*3-10H,1-2H2/t2*3-,4-,5-,6-/m11/s1. The second-order valence-electron chi connectivity index (χ2n) is 5.21. The molecule has 132 valence electrons. The topological polar surface area (TPSA) is 180 Å². The second kappa shape index (κ2) is 9.03. The highest BCUT2D eigenvalue weighted by Gasteiger charge is 2.37. The zero-order valence-corrected chi connectivity index (χ0v) is 11.8. The molecule has 10 heteroatoms. The first-order valence-corrected chi connectivity index (χ1v) is 6.86. The number of hydrogen-bond acceptors (Lipinski definition) is 10. The van der Waals surface area contributed by atoms with Gasteiger partial charge < -0.3 is 50.3 Å². The van der Waals surface area contributed by atoms with Crippen LogP contribution in [-0.2, 0) is 9.47 Å². The lowest BCUT2D eigenvalue weighted by molar-refractivity contribution is -0.195. The monoisotopic (exact) mass is 328 g/mol. The minimum absolute atomic E-state index is 0.0521. The lowest BCUT2D eigenvalue weighted by atomic mass is 10.0. The highest BCUT2D eigenvalue weighted by Crippen LogP contribution is 2.15. The van der Waals surface area contributed by atoms with Crippen LogP contribution in [-0.4, -0.2) is 116 Å². The van der Waals surface area contributed by atoms with Crippen molar-refractivity contribution in [2.45, 2.75) is 48.8 Å². The van der Waals surface area contributed by atoms with Gasteiger partial charge in [0.05, 0.1) is 26.4 Å². The maximum absolute atomic E-state index is 9.11. The van der Waals surface area contributed by atoms with Crippen LogP contribution in [0.2, 0.25) is 0 Å². The molecule has 10 nitrogen and oxygen atoms in total. The van der Waals surface area contributed by atoms with Gasteiger partial charge in [-0.05, 0) is 0 Å². The van der Waals surface area contributed by atoms with Crippen LogP contribution in [0.1, 0.15) is 0 Å². The van der Waals surface area contributed by atoms with E-state index in [1.807, 2.05) is 0 Å². The van der Waals surface area contributed by atoms with Crippen LogP contribution >= 0.6 is 0 Å². The number of aliphatic hydroxyl groups excluding tert-OH is 8. The zero-order chi connectivity index (χ0) is 16.9. The normalized spacial score (nSPS) is 45.8. The summed E-state index contributed by atoms with van der Waals surface area (Å²) >= 11 is 0. The Morgan fingerprint density at radius 2 is 0.909 bits per heavy atom. The zero-order valence-electron chi connectivity index (χ0n) is 11.8. The highest BCUT2D eigenvalue weighted by molar-refractivity contribution is 4.86. The summed E-state index contributed by atoms with van der Waals surface area (Å²) in [6.07, 6.45) is -8.54. The van der Waals surface area contributed by atoms with Crippen LogP contribution in [0.25, 0.3) is 0 Å². The molecule has 0 saturated carbocycles. The van der Waals surface area contributed by atoms with E-state index in [0.717, 1.165) is 0 Å². The summed E-state index contributed by atoms with van der Waals surface area (Å²) in [5, 5.41) is 71.4. The Hall–Kier alpha value is -0.400. The average Bonchev–Trinajstić information content (AvgIpc) is 2.51. The van der Waals surface area contributed by atoms with Gasteiger partial charge in [-0.15, -0.1) is 0 Å². The van der Waals surface area contributed by atoms with Gasteiger partial charge in [-0.1, -0.05) is 0 Å². The third-order valence-corrected chi connectivity index (χ3v) is 3.57. The maximum atomic E-state index is 9.11. The molecular formula is C12H24O10. The first kappa shape index (κ1) is 19.6. The van der Waals surface area contributed by atoms with E-state index in [1.54, 1.807) is 0 Å². The van der Waals surface area contributed by atoms with Crippen molar-refractivity contribution in [3.8, 4) is 0 Å². The first-order chi connectivity index (χ1) is 10.3. The van der Waals surface area contributed by atoms with Gasteiger partial charge in [0.2, 0.25) is 0 Å². The quantitative estimate of drug-likeness (QED) is 0.244. The Kier molecular flexibility index (Phi) is 8.07. The van der Waals surface area contributed by atoms with Crippen LogP contribution < -0.4 is 0 Å². The average molecular weight is 328 g/mol. The van der Waals surface area contributed by atoms with Gasteiger partial charge in [-0.2, -0.15) is 0 Å². The molecule has 2 saturated heterocycles. The van der Waals surface area contributed by atoms with Crippen LogP contribution in [0.5, 0.6) is 0 Å². The fourth-order valence-electron chi connectivity index (χ4n) is 2.06. The SMILES string of the molecule is OC[C@H]1OC[C@@H](O)[C@@H](O)[C@@H]1O.OC[C@H]1OC[C@@H](O)[C@@H](O)[C@@H]1O. The van der Waals surface area contributed by atoms with E-state index in [4.69, 9.17) is 50.3 Å². The smallest absolute Gasteiger partial charge is 0.111 e. The minimum Gasteiger partial charge on any atom is -0.394 e. The van der Waals surface area contributed by atoms with Crippen LogP contribution in [0.4, 0.5) is 0 Å². The molecule has 2 fully saturated rings. The van der Waals surface area contributed by atoms with Gasteiger partial charge in [0.1, 0.15) is 48.8 Å². The van der Waals surface area contributed by atoms with Crippen molar-refractivity contribution in [3.05, 3.63) is 0 Å². The van der Waals surface area contributed by atoms with Crippen LogP contribution in [0.3, 0.4) is 0 Å². The molecule has 0 aromatic carbocycles. The molecule has 0 spiro atoms. The number of ether oxygens (including phenoxy) is 2. The van der Waals surface area contributed by atoms with Crippen molar-refractivity contribution in [3.63, 3.8) is 0 Å². The maximum Gasteiger partial charge on any atom is 0.111 e. The van der Waals surface area contributed by atoms with E-state index in [9.17, 15) is 0 Å². The van der Waals surface area contributed by atoms with E-state index in [0.29, 0.717) is 0 Å². The van der Waals surface area contributed by atoms with Gasteiger partial charge in [-0.3, -0.25) is 0 Å². The van der Waals surface area contributed by atoms with Crippen molar-refractivity contribution in [1.29, 1.82) is 0 Å². The molecular weight excluding hydrogens is 304 g/mol. The van der Waals surface area contributed by atoms with Gasteiger partial charge in [0.25, 0.3) is 0 Å². The van der Waals surface area contributed by atoms with Gasteiger partial charge >= 0.3 is 0 Å². The largest absolute Gasteiger partial charge is 0.394 e. The summed E-state index contributed by atoms with van der Waals surface area (Å²) in [5.74, 6) is 0. The molecule has 0 aromatic rings. The summed E-state index contributed by atoms with van der Waals surface area (Å²) < 4.78 is 9.62. The van der Waals surface area contributed by atoms with Crippen molar-refractivity contribution in [1.82, 2.24) is 0 Å². The van der Waals surface area contributed by atoms with E-state index in [1.165, 1.54) is 0 Å². The van der Waals surface area contributed by atoms with Crippen molar-refractivity contribution in [2.75, 3.05) is 26.4 Å². The van der Waals surface area contributed by atoms with Gasteiger partial charge in [-0.25, -0.2) is 0 Å². The highest BCUT2D eigenvalue weighted by atomic mass is 16.5. The molecule has 2 rings (SSSR count). The third kappa shape index (κ3) is 4.80. The Bertz CT molecular complexity index is 282. The molecule has 8 atom stereocenters. The Balaban J connectivity index is 0.000000220. The predicted octanol–water partition coefficient (Wildman–Crippen LogP) is -5.08. The summed E-state index contributed by atoms with van der Waals surface area (Å²) in [4.78, 5) is 0. The summed E-state index contributed by atoms with van der Waals surface area (Å²) in [6.45, 7) is -0.817. The van der Waals surface area contributed by atoms with E-state index in [-0.39, 0.29) is 26.4 Å². The molecule has 0 bridgehead atoms. The fourth-order valence-corrected chi connectivity index (χ4v) is 2.06. The van der Waals surface area contributed by atoms with Gasteiger partial charge in [0.15, 0.2) is 0 Å². The second-order valence-corrected chi connectivity index (χ2v) is 5.21. The van der Waals surface area contributed by atoms with Crippen LogP contribution in [0, 0.1) is 0 Å². The molecule has 2 aliphatic heterocycles. The van der Waals surface area contributed by atoms with Crippen LogP contribution in [0.15, 0.2) is 0 Å². The van der Waals surface area contributed by atoms with E-state index >= 15 is 0 Å². The van der Waals surface area contributed by atoms with Crippen molar-refractivity contribution >= 4 is 0 Å². The van der Waals surface area contributed by atoms with Gasteiger partial charge in [0, 0.05) is 0 Å². The lowest BCUT2D eigenvalue weighted by Crippen LogP contribution is -2.53. The predicted molar refractivity (Wildman–Crippen MR) is 69.7 cm³/mol. The van der Waals surface area contributed by atoms with E-state index in [2.05, 4.69) is 0 Å². The third-order valence-electron chi connectivity index (χ3n) is 3.57. The molecule has 0 aliphatic carbocycles. The number of hydrogen-bond donors (Lipinski definition) is 8. The summed E-state index contributed by atoms with van der Waals surface area (Å²) in [5.41, 5.74) is 0. The number of aliphatic hydroxyl groups is 8. The Morgan fingerprint density at radius 1 is 0.591 bits per heavy atom. The molecule has 0 aromatic heterocycles. The molecule has 2 heterocycles. The lowest BCUT2D eigenvalue weighted by Gasteiger charge is -2.34. The fraction of sp³-hybridized carbons (Fsp3) is 1.00. The van der Waals surface area contributed by atoms with Crippen molar-refractivity contribution < 1.29 is 50.3 Å². The minimum atomic E-state index is -1.22. The summed E-state index contributed by atoms with van der Waals surface area (Å²) in [6, 6.07) is 0. The number of rotatable bonds is 2. The molecule has 22 heavy (non-hydrogen) atoms. The Morgan fingerprint density at radius 3 is 1.18 bits per heavy atom.